The van der Waals surface area contributed by atoms with Crippen LogP contribution in [0.25, 0.3) is 0 Å². The number of ether oxygens (including phenoxy) is 3. The second kappa shape index (κ2) is 9.95. The van der Waals surface area contributed by atoms with Crippen LogP contribution in [0.5, 0.6) is 11.5 Å². The van der Waals surface area contributed by atoms with E-state index in [1.54, 1.807) is 0 Å². The number of hydrogen-bond acceptors (Lipinski definition) is 4. The van der Waals surface area contributed by atoms with Crippen LogP contribution in [0.1, 0.15) is 30.9 Å². The molecule has 1 aliphatic rings. The van der Waals surface area contributed by atoms with Gasteiger partial charge in [-0.05, 0) is 59.0 Å². The molecule has 2 aromatic carbocycles. The molecule has 1 atom stereocenters. The van der Waals surface area contributed by atoms with Crippen molar-refractivity contribution in [3.63, 3.8) is 0 Å². The standard InChI is InChI=1S/C21H26BrNO3/c1-2-24-20-12-17(13-23-14-18-9-6-10-25-18)11-19(22)21(20)26-15-16-7-4-3-5-8-16/h3-5,7-8,11-12,18,23H,2,6,9-10,13-15H2,1H3/t18-/m1/s1. The maximum Gasteiger partial charge on any atom is 0.175 e. The molecule has 0 aromatic heterocycles. The summed E-state index contributed by atoms with van der Waals surface area (Å²) >= 11 is 3.64. The van der Waals surface area contributed by atoms with Crippen molar-refractivity contribution in [1.82, 2.24) is 5.32 Å². The van der Waals surface area contributed by atoms with Gasteiger partial charge in [-0.2, -0.15) is 0 Å². The summed E-state index contributed by atoms with van der Waals surface area (Å²) in [4.78, 5) is 0. The van der Waals surface area contributed by atoms with Crippen LogP contribution in [-0.4, -0.2) is 25.9 Å². The Kier molecular flexibility index (Phi) is 7.35. The van der Waals surface area contributed by atoms with Crippen molar-refractivity contribution in [2.45, 2.75) is 39.0 Å². The fourth-order valence-electron chi connectivity index (χ4n) is 3.04. The summed E-state index contributed by atoms with van der Waals surface area (Å²) < 4.78 is 18.4. The lowest BCUT2D eigenvalue weighted by molar-refractivity contribution is 0.110. The quantitative estimate of drug-likeness (QED) is 0.639. The molecule has 2 aromatic rings. The topological polar surface area (TPSA) is 39.7 Å². The molecule has 0 spiro atoms. The Balaban J connectivity index is 1.64. The van der Waals surface area contributed by atoms with Gasteiger partial charge in [0.25, 0.3) is 0 Å². The Morgan fingerprint density at radius 1 is 1.15 bits per heavy atom. The van der Waals surface area contributed by atoms with Crippen molar-refractivity contribution in [3.8, 4) is 11.5 Å². The lowest BCUT2D eigenvalue weighted by atomic mass is 10.2. The van der Waals surface area contributed by atoms with Gasteiger partial charge in [-0.25, -0.2) is 0 Å². The largest absolute Gasteiger partial charge is 0.490 e. The molecule has 0 amide bonds. The van der Waals surface area contributed by atoms with Crippen molar-refractivity contribution in [2.75, 3.05) is 19.8 Å². The van der Waals surface area contributed by atoms with Crippen molar-refractivity contribution >= 4 is 15.9 Å². The predicted molar refractivity (Wildman–Crippen MR) is 107 cm³/mol. The lowest BCUT2D eigenvalue weighted by Gasteiger charge is -2.16. The molecule has 1 aliphatic heterocycles. The summed E-state index contributed by atoms with van der Waals surface area (Å²) in [5, 5.41) is 3.48. The molecular formula is C21H26BrNO3. The Morgan fingerprint density at radius 3 is 2.73 bits per heavy atom. The van der Waals surface area contributed by atoms with Gasteiger partial charge in [-0.1, -0.05) is 30.3 Å². The van der Waals surface area contributed by atoms with Crippen LogP contribution in [0.15, 0.2) is 46.9 Å². The molecule has 0 aliphatic carbocycles. The molecule has 0 bridgehead atoms. The van der Waals surface area contributed by atoms with Gasteiger partial charge in [0.1, 0.15) is 6.61 Å². The molecule has 140 valence electrons. The van der Waals surface area contributed by atoms with Crippen molar-refractivity contribution in [2.24, 2.45) is 0 Å². The van der Waals surface area contributed by atoms with E-state index in [1.807, 2.05) is 25.1 Å². The van der Waals surface area contributed by atoms with Gasteiger partial charge in [0, 0.05) is 19.7 Å². The molecule has 1 N–H and O–H groups in total. The number of halogens is 1. The predicted octanol–water partition coefficient (Wildman–Crippen LogP) is 4.70. The van der Waals surface area contributed by atoms with E-state index in [4.69, 9.17) is 14.2 Å². The number of rotatable bonds is 9. The molecule has 5 heteroatoms. The summed E-state index contributed by atoms with van der Waals surface area (Å²) in [6, 6.07) is 14.3. The highest BCUT2D eigenvalue weighted by Gasteiger charge is 2.16. The fraction of sp³-hybridized carbons (Fsp3) is 0.429. The molecule has 1 saturated heterocycles. The highest BCUT2D eigenvalue weighted by molar-refractivity contribution is 9.10. The van der Waals surface area contributed by atoms with Crippen LogP contribution in [-0.2, 0) is 17.9 Å². The monoisotopic (exact) mass is 419 g/mol. The Morgan fingerprint density at radius 2 is 2.00 bits per heavy atom. The van der Waals surface area contributed by atoms with Gasteiger partial charge in [-0.3, -0.25) is 0 Å². The van der Waals surface area contributed by atoms with E-state index >= 15 is 0 Å². The average molecular weight is 420 g/mol. The fourth-order valence-corrected chi connectivity index (χ4v) is 3.64. The maximum atomic E-state index is 6.04. The first kappa shape index (κ1) is 19.2. The van der Waals surface area contributed by atoms with Crippen molar-refractivity contribution in [1.29, 1.82) is 0 Å². The van der Waals surface area contributed by atoms with Gasteiger partial charge in [0.2, 0.25) is 0 Å². The normalized spacial score (nSPS) is 16.6. The highest BCUT2D eigenvalue weighted by Crippen LogP contribution is 2.37. The van der Waals surface area contributed by atoms with Gasteiger partial charge in [0.15, 0.2) is 11.5 Å². The molecule has 1 heterocycles. The van der Waals surface area contributed by atoms with Crippen LogP contribution in [0.2, 0.25) is 0 Å². The highest BCUT2D eigenvalue weighted by atomic mass is 79.9. The second-order valence-corrected chi connectivity index (χ2v) is 7.23. The van der Waals surface area contributed by atoms with Gasteiger partial charge < -0.3 is 19.5 Å². The molecule has 3 rings (SSSR count). The zero-order valence-corrected chi connectivity index (χ0v) is 16.8. The first-order chi connectivity index (χ1) is 12.8. The van der Waals surface area contributed by atoms with Gasteiger partial charge in [-0.15, -0.1) is 0 Å². The van der Waals surface area contributed by atoms with Crippen LogP contribution < -0.4 is 14.8 Å². The Hall–Kier alpha value is -1.56. The van der Waals surface area contributed by atoms with Crippen LogP contribution in [0.3, 0.4) is 0 Å². The molecule has 1 fully saturated rings. The summed E-state index contributed by atoms with van der Waals surface area (Å²) in [7, 11) is 0. The van der Waals surface area contributed by atoms with Crippen LogP contribution in [0, 0.1) is 0 Å². The lowest BCUT2D eigenvalue weighted by Crippen LogP contribution is -2.25. The van der Waals surface area contributed by atoms with Gasteiger partial charge >= 0.3 is 0 Å². The molecule has 0 saturated carbocycles. The third kappa shape index (κ3) is 5.47. The van der Waals surface area contributed by atoms with E-state index in [0.29, 0.717) is 19.3 Å². The van der Waals surface area contributed by atoms with E-state index in [-0.39, 0.29) is 0 Å². The first-order valence-electron chi connectivity index (χ1n) is 9.20. The van der Waals surface area contributed by atoms with Crippen molar-refractivity contribution < 1.29 is 14.2 Å². The summed E-state index contributed by atoms with van der Waals surface area (Å²) in [5.41, 5.74) is 2.29. The SMILES string of the molecule is CCOc1cc(CNC[C@H]2CCCO2)cc(Br)c1OCc1ccccc1. The smallest absolute Gasteiger partial charge is 0.175 e. The van der Waals surface area contributed by atoms with E-state index in [2.05, 4.69) is 45.5 Å². The summed E-state index contributed by atoms with van der Waals surface area (Å²) in [6.45, 7) is 5.64. The maximum absolute atomic E-state index is 6.04. The van der Waals surface area contributed by atoms with Gasteiger partial charge in [0.05, 0.1) is 17.2 Å². The van der Waals surface area contributed by atoms with E-state index in [1.165, 1.54) is 6.42 Å². The summed E-state index contributed by atoms with van der Waals surface area (Å²) in [6.07, 6.45) is 2.66. The Bertz CT molecular complexity index is 687. The minimum atomic E-state index is 0.346. The second-order valence-electron chi connectivity index (χ2n) is 6.38. The molecule has 0 unspecified atom stereocenters. The zero-order valence-electron chi connectivity index (χ0n) is 15.2. The van der Waals surface area contributed by atoms with E-state index in [0.717, 1.165) is 53.2 Å². The van der Waals surface area contributed by atoms with E-state index in [9.17, 15) is 0 Å². The molecular weight excluding hydrogens is 394 g/mol. The number of nitrogens with one attached hydrogen (secondary N) is 1. The molecule has 0 radical (unpaired) electrons. The Labute approximate surface area is 164 Å². The minimum absolute atomic E-state index is 0.346. The first-order valence-corrected chi connectivity index (χ1v) is 10.00. The number of benzene rings is 2. The average Bonchev–Trinajstić information content (AvgIpc) is 3.16. The van der Waals surface area contributed by atoms with E-state index < -0.39 is 0 Å². The van der Waals surface area contributed by atoms with Crippen molar-refractivity contribution in [3.05, 3.63) is 58.1 Å². The number of hydrogen-bond donors (Lipinski definition) is 1. The third-order valence-corrected chi connectivity index (χ3v) is 4.91. The third-order valence-electron chi connectivity index (χ3n) is 4.32. The molecule has 4 nitrogen and oxygen atoms in total. The summed E-state index contributed by atoms with van der Waals surface area (Å²) in [5.74, 6) is 1.52. The molecule has 26 heavy (non-hydrogen) atoms. The minimum Gasteiger partial charge on any atom is -0.490 e. The van der Waals surface area contributed by atoms with Crippen LogP contribution in [0.4, 0.5) is 0 Å². The zero-order chi connectivity index (χ0) is 18.2. The van der Waals surface area contributed by atoms with Crippen LogP contribution >= 0.6 is 15.9 Å².